The van der Waals surface area contributed by atoms with E-state index in [0.29, 0.717) is 19.4 Å². The van der Waals surface area contributed by atoms with Gasteiger partial charge < -0.3 is 14.2 Å². The lowest BCUT2D eigenvalue weighted by atomic mass is 10.1. The Hall–Kier alpha value is -2.58. The van der Waals surface area contributed by atoms with Crippen LogP contribution in [0.5, 0.6) is 11.5 Å². The third kappa shape index (κ3) is 9.73. The van der Waals surface area contributed by atoms with Gasteiger partial charge in [0.15, 0.2) is 0 Å². The third-order valence-electron chi connectivity index (χ3n) is 5.52. The minimum Gasteiger partial charge on any atom is -0.497 e. The predicted molar refractivity (Wildman–Crippen MR) is 133 cm³/mol. The number of carbonyl (C=O) groups excluding carboxylic acids is 1. The first-order valence-electron chi connectivity index (χ1n) is 11.8. The number of sulfonamides is 1. The number of methoxy groups -OCH3 is 2. The zero-order valence-electron chi connectivity index (χ0n) is 20.5. The molecule has 0 atom stereocenters. The maximum Gasteiger partial charge on any atom is 0.305 e. The standard InChI is InChI=1S/C26H37NO6S/c1-4-33-26(28)10-8-6-5-7-9-19-34(29,30)27(20-22-11-15-24(31-2)16-12-22)21-23-13-17-25(32-3)18-14-23/h11-18H,4-10,19-21H2,1-3H3. The van der Waals surface area contributed by atoms with Crippen LogP contribution in [0.1, 0.15) is 56.6 Å². The largest absolute Gasteiger partial charge is 0.497 e. The summed E-state index contributed by atoms with van der Waals surface area (Å²) in [6, 6.07) is 14.9. The van der Waals surface area contributed by atoms with Gasteiger partial charge in [0.25, 0.3) is 0 Å². The van der Waals surface area contributed by atoms with Crippen LogP contribution in [0.25, 0.3) is 0 Å². The van der Waals surface area contributed by atoms with Crippen LogP contribution in [0, 0.1) is 0 Å². The molecule has 0 fully saturated rings. The maximum absolute atomic E-state index is 13.3. The molecule has 2 aromatic carbocycles. The van der Waals surface area contributed by atoms with Crippen molar-refractivity contribution in [2.24, 2.45) is 0 Å². The molecule has 0 aliphatic carbocycles. The molecule has 0 saturated heterocycles. The average Bonchev–Trinajstić information content (AvgIpc) is 2.84. The number of esters is 1. The smallest absolute Gasteiger partial charge is 0.305 e. The molecular formula is C26H37NO6S. The zero-order chi connectivity index (χ0) is 24.8. The fourth-order valence-corrected chi connectivity index (χ4v) is 5.09. The second-order valence-corrected chi connectivity index (χ2v) is 10.2. The molecule has 8 heteroatoms. The van der Waals surface area contributed by atoms with Gasteiger partial charge in [-0.1, -0.05) is 43.5 Å². The number of hydrogen-bond acceptors (Lipinski definition) is 6. The Balaban J connectivity index is 1.95. The number of ether oxygens (including phenoxy) is 3. The van der Waals surface area contributed by atoms with E-state index in [9.17, 15) is 13.2 Å². The maximum atomic E-state index is 13.3. The van der Waals surface area contributed by atoms with Crippen LogP contribution < -0.4 is 9.47 Å². The molecule has 188 valence electrons. The van der Waals surface area contributed by atoms with Gasteiger partial charge in [0.1, 0.15) is 11.5 Å². The van der Waals surface area contributed by atoms with Crippen LogP contribution in [0.4, 0.5) is 0 Å². The van der Waals surface area contributed by atoms with Gasteiger partial charge in [0.05, 0.1) is 26.6 Å². The second kappa shape index (κ2) is 14.6. The number of hydrogen-bond donors (Lipinski definition) is 0. The number of carbonyl (C=O) groups is 1. The summed E-state index contributed by atoms with van der Waals surface area (Å²) in [4.78, 5) is 11.4. The molecule has 0 amide bonds. The van der Waals surface area contributed by atoms with Crippen molar-refractivity contribution >= 4 is 16.0 Å². The Morgan fingerprint density at radius 1 is 0.765 bits per heavy atom. The van der Waals surface area contributed by atoms with E-state index >= 15 is 0 Å². The Morgan fingerprint density at radius 3 is 1.71 bits per heavy atom. The van der Waals surface area contributed by atoms with Crippen LogP contribution in [0.2, 0.25) is 0 Å². The molecule has 0 bridgehead atoms. The summed E-state index contributed by atoms with van der Waals surface area (Å²) in [5, 5.41) is 0. The Bertz CT molecular complexity index is 908. The summed E-state index contributed by atoms with van der Waals surface area (Å²) in [5.41, 5.74) is 1.80. The number of benzene rings is 2. The molecule has 0 spiro atoms. The van der Waals surface area contributed by atoms with E-state index in [1.165, 1.54) is 4.31 Å². The van der Waals surface area contributed by atoms with Crippen molar-refractivity contribution in [3.05, 3.63) is 59.7 Å². The van der Waals surface area contributed by atoms with Crippen LogP contribution in [0.15, 0.2) is 48.5 Å². The summed E-state index contributed by atoms with van der Waals surface area (Å²) in [6.07, 6.45) is 4.37. The average molecular weight is 492 g/mol. The summed E-state index contributed by atoms with van der Waals surface area (Å²) in [7, 11) is -0.260. The van der Waals surface area contributed by atoms with Crippen molar-refractivity contribution in [1.29, 1.82) is 0 Å². The van der Waals surface area contributed by atoms with E-state index in [4.69, 9.17) is 14.2 Å². The van der Waals surface area contributed by atoms with Crippen LogP contribution >= 0.6 is 0 Å². The first kappa shape index (κ1) is 27.7. The van der Waals surface area contributed by atoms with Gasteiger partial charge in [-0.15, -0.1) is 0 Å². The first-order valence-corrected chi connectivity index (χ1v) is 13.4. The highest BCUT2D eigenvalue weighted by molar-refractivity contribution is 7.89. The highest BCUT2D eigenvalue weighted by Crippen LogP contribution is 2.20. The van der Waals surface area contributed by atoms with Gasteiger partial charge in [-0.25, -0.2) is 8.42 Å². The molecule has 7 nitrogen and oxygen atoms in total. The summed E-state index contributed by atoms with van der Waals surface area (Å²) < 4.78 is 43.4. The van der Waals surface area contributed by atoms with Crippen molar-refractivity contribution in [2.75, 3.05) is 26.6 Å². The van der Waals surface area contributed by atoms with E-state index in [2.05, 4.69) is 0 Å². The Kier molecular flexibility index (Phi) is 11.9. The lowest BCUT2D eigenvalue weighted by molar-refractivity contribution is -0.143. The van der Waals surface area contributed by atoms with Crippen molar-refractivity contribution in [3.63, 3.8) is 0 Å². The molecular weight excluding hydrogens is 454 g/mol. The summed E-state index contributed by atoms with van der Waals surface area (Å²) >= 11 is 0. The molecule has 0 unspecified atom stereocenters. The highest BCUT2D eigenvalue weighted by Gasteiger charge is 2.22. The van der Waals surface area contributed by atoms with Gasteiger partial charge in [0, 0.05) is 19.5 Å². The van der Waals surface area contributed by atoms with Crippen molar-refractivity contribution in [2.45, 2.75) is 58.5 Å². The normalized spacial score (nSPS) is 11.4. The first-order chi connectivity index (χ1) is 16.4. The van der Waals surface area contributed by atoms with Gasteiger partial charge >= 0.3 is 5.97 Å². The van der Waals surface area contributed by atoms with Crippen molar-refractivity contribution in [1.82, 2.24) is 4.31 Å². The van der Waals surface area contributed by atoms with E-state index in [1.807, 2.05) is 48.5 Å². The molecule has 0 saturated carbocycles. The minimum absolute atomic E-state index is 0.0944. The molecule has 0 aliphatic heterocycles. The second-order valence-electron chi connectivity index (χ2n) is 8.10. The Labute approximate surface area is 204 Å². The molecule has 0 radical (unpaired) electrons. The zero-order valence-corrected chi connectivity index (χ0v) is 21.3. The summed E-state index contributed by atoms with van der Waals surface area (Å²) in [6.45, 7) is 2.78. The lowest BCUT2D eigenvalue weighted by Gasteiger charge is -2.23. The van der Waals surface area contributed by atoms with E-state index in [0.717, 1.165) is 48.3 Å². The fourth-order valence-electron chi connectivity index (χ4n) is 3.57. The SMILES string of the molecule is CCOC(=O)CCCCCCCS(=O)(=O)N(Cc1ccc(OC)cc1)Cc1ccc(OC)cc1. The predicted octanol–water partition coefficient (Wildman–Crippen LogP) is 4.94. The third-order valence-corrected chi connectivity index (χ3v) is 7.37. The van der Waals surface area contributed by atoms with Crippen molar-refractivity contribution < 1.29 is 27.4 Å². The van der Waals surface area contributed by atoms with E-state index in [-0.39, 0.29) is 24.8 Å². The molecule has 0 heterocycles. The molecule has 2 aromatic rings. The van der Waals surface area contributed by atoms with Crippen molar-refractivity contribution in [3.8, 4) is 11.5 Å². The van der Waals surface area contributed by atoms with E-state index < -0.39 is 10.0 Å². The minimum atomic E-state index is -3.47. The van der Waals surface area contributed by atoms with Crippen LogP contribution in [-0.4, -0.2) is 45.3 Å². The lowest BCUT2D eigenvalue weighted by Crippen LogP contribution is -2.32. The molecule has 2 rings (SSSR count). The number of rotatable bonds is 16. The quantitative estimate of drug-likeness (QED) is 0.244. The summed E-state index contributed by atoms with van der Waals surface area (Å²) in [5.74, 6) is 1.39. The van der Waals surface area contributed by atoms with Crippen LogP contribution in [-0.2, 0) is 32.6 Å². The number of unbranched alkanes of at least 4 members (excludes halogenated alkanes) is 4. The monoisotopic (exact) mass is 491 g/mol. The number of nitrogens with zero attached hydrogens (tertiary/aromatic N) is 1. The molecule has 0 aromatic heterocycles. The van der Waals surface area contributed by atoms with Gasteiger partial charge in [0.2, 0.25) is 10.0 Å². The molecule has 0 N–H and O–H groups in total. The Morgan fingerprint density at radius 2 is 1.24 bits per heavy atom. The van der Waals surface area contributed by atoms with E-state index in [1.54, 1.807) is 21.1 Å². The van der Waals surface area contributed by atoms with Gasteiger partial charge in [-0.05, 0) is 55.2 Å². The topological polar surface area (TPSA) is 82.1 Å². The van der Waals surface area contributed by atoms with Gasteiger partial charge in [-0.2, -0.15) is 4.31 Å². The highest BCUT2D eigenvalue weighted by atomic mass is 32.2. The van der Waals surface area contributed by atoms with Crippen LogP contribution in [0.3, 0.4) is 0 Å². The fraction of sp³-hybridized carbons (Fsp3) is 0.500. The molecule has 34 heavy (non-hydrogen) atoms. The van der Waals surface area contributed by atoms with Gasteiger partial charge in [-0.3, -0.25) is 4.79 Å². The molecule has 0 aliphatic rings.